The molecule has 0 aromatic carbocycles. The molecule has 4 rings (SSSR count). The summed E-state index contributed by atoms with van der Waals surface area (Å²) in [4.78, 5) is 17.1. The largest absolute Gasteiger partial charge is 0.254 e. The molecule has 6 nitrogen and oxygen atoms in total. The molecule has 0 atom stereocenters. The minimum absolute atomic E-state index is 0.427. The Labute approximate surface area is 138 Å². The number of hydrogen-bond acceptors (Lipinski definition) is 4. The predicted molar refractivity (Wildman–Crippen MR) is 90.4 cm³/mol. The summed E-state index contributed by atoms with van der Waals surface area (Å²) >= 11 is 0. The topological polar surface area (TPSA) is 60.3 Å². The van der Waals surface area contributed by atoms with E-state index in [4.69, 9.17) is 6.57 Å². The lowest BCUT2D eigenvalue weighted by Crippen LogP contribution is -1.96. The average Bonchev–Trinajstić information content (AvgIpc) is 3.04. The molecule has 0 aliphatic rings. The van der Waals surface area contributed by atoms with Gasteiger partial charge in [-0.2, -0.15) is 5.10 Å². The predicted octanol–water partition coefficient (Wildman–Crippen LogP) is 3.71. The summed E-state index contributed by atoms with van der Waals surface area (Å²) in [5.41, 5.74) is 5.06. The van der Waals surface area contributed by atoms with Crippen LogP contribution in [-0.2, 0) is 0 Å². The average molecular weight is 312 g/mol. The zero-order valence-electron chi connectivity index (χ0n) is 12.9. The van der Waals surface area contributed by atoms with Crippen LogP contribution in [0.1, 0.15) is 5.69 Å². The Balaban J connectivity index is 1.93. The van der Waals surface area contributed by atoms with Crippen molar-refractivity contribution in [2.75, 3.05) is 0 Å². The highest BCUT2D eigenvalue weighted by molar-refractivity contribution is 5.79. The van der Waals surface area contributed by atoms with E-state index in [2.05, 4.69) is 24.9 Å². The summed E-state index contributed by atoms with van der Waals surface area (Å²) in [7, 11) is 0. The van der Waals surface area contributed by atoms with Crippen molar-refractivity contribution >= 4 is 11.3 Å². The lowest BCUT2D eigenvalue weighted by Gasteiger charge is -2.08. The third-order valence-corrected chi connectivity index (χ3v) is 3.69. The molecule has 0 spiro atoms. The van der Waals surface area contributed by atoms with Crippen molar-refractivity contribution in [3.63, 3.8) is 0 Å². The highest BCUT2D eigenvalue weighted by Crippen LogP contribution is 2.29. The van der Waals surface area contributed by atoms with Gasteiger partial charge in [-0.25, -0.2) is 14.3 Å². The molecular weight excluding hydrogens is 300 g/mol. The summed E-state index contributed by atoms with van der Waals surface area (Å²) in [6.07, 6.45) is 5.06. The summed E-state index contributed by atoms with van der Waals surface area (Å²) in [5, 5.41) is 4.13. The van der Waals surface area contributed by atoms with Gasteiger partial charge in [-0.1, -0.05) is 6.07 Å². The number of fused-ring (bicyclic) bond motifs is 1. The third-order valence-electron chi connectivity index (χ3n) is 3.69. The fourth-order valence-electron chi connectivity index (χ4n) is 2.58. The molecule has 4 aromatic rings. The quantitative estimate of drug-likeness (QED) is 0.529. The molecule has 0 N–H and O–H groups in total. The fraction of sp³-hybridized carbons (Fsp3) is 0.0556. The van der Waals surface area contributed by atoms with Crippen LogP contribution in [0.4, 0.5) is 5.69 Å². The maximum atomic E-state index is 7.23. The van der Waals surface area contributed by atoms with E-state index < -0.39 is 0 Å². The first-order chi connectivity index (χ1) is 11.8. The molecule has 0 fully saturated rings. The molecule has 114 valence electrons. The highest BCUT2D eigenvalue weighted by atomic mass is 15.2. The van der Waals surface area contributed by atoms with Gasteiger partial charge in [0.15, 0.2) is 5.65 Å². The molecule has 6 heteroatoms. The van der Waals surface area contributed by atoms with Crippen LogP contribution in [0.5, 0.6) is 0 Å². The van der Waals surface area contributed by atoms with E-state index in [1.165, 1.54) is 6.20 Å². The maximum absolute atomic E-state index is 7.23. The Morgan fingerprint density at radius 1 is 1.04 bits per heavy atom. The Hall–Kier alpha value is -3.59. The number of rotatable bonds is 2. The van der Waals surface area contributed by atoms with Crippen LogP contribution in [0.2, 0.25) is 0 Å². The van der Waals surface area contributed by atoms with E-state index in [1.807, 2.05) is 43.3 Å². The molecule has 0 bridgehead atoms. The lowest BCUT2D eigenvalue weighted by molar-refractivity contribution is 0.941. The van der Waals surface area contributed by atoms with Crippen molar-refractivity contribution in [2.45, 2.75) is 6.92 Å². The van der Waals surface area contributed by atoms with Gasteiger partial charge in [-0.15, -0.1) is 0 Å². The van der Waals surface area contributed by atoms with Crippen molar-refractivity contribution < 1.29 is 0 Å². The molecule has 0 aliphatic heterocycles. The number of aromatic nitrogens is 5. The van der Waals surface area contributed by atoms with Gasteiger partial charge in [-0.3, -0.25) is 9.97 Å². The Bertz CT molecular complexity index is 1090. The zero-order valence-corrected chi connectivity index (χ0v) is 12.9. The summed E-state index contributed by atoms with van der Waals surface area (Å²) in [5.74, 6) is 0. The Kier molecular flexibility index (Phi) is 3.25. The molecular formula is C18H12N6. The minimum Gasteiger partial charge on any atom is -0.254 e. The van der Waals surface area contributed by atoms with Gasteiger partial charge < -0.3 is 0 Å². The van der Waals surface area contributed by atoms with Crippen molar-refractivity contribution in [3.8, 4) is 22.6 Å². The van der Waals surface area contributed by atoms with Crippen LogP contribution in [0.3, 0.4) is 0 Å². The zero-order chi connectivity index (χ0) is 16.5. The highest BCUT2D eigenvalue weighted by Gasteiger charge is 2.13. The smallest absolute Gasteiger partial charge is 0.250 e. The number of hydrogen-bond donors (Lipinski definition) is 0. The van der Waals surface area contributed by atoms with Crippen molar-refractivity contribution in [2.24, 2.45) is 0 Å². The fourth-order valence-corrected chi connectivity index (χ4v) is 2.58. The van der Waals surface area contributed by atoms with Gasteiger partial charge in [0, 0.05) is 23.7 Å². The number of aryl methyl sites for hydroxylation is 1. The van der Waals surface area contributed by atoms with Gasteiger partial charge in [0.1, 0.15) is 0 Å². The van der Waals surface area contributed by atoms with Crippen LogP contribution >= 0.6 is 0 Å². The molecule has 24 heavy (non-hydrogen) atoms. The van der Waals surface area contributed by atoms with Gasteiger partial charge >= 0.3 is 0 Å². The normalized spacial score (nSPS) is 10.7. The molecule has 0 aliphatic carbocycles. The maximum Gasteiger partial charge on any atom is 0.250 e. The SMILES string of the molecule is [C-]#[N+]c1cnn2ccc(-c3cccnc3-c3cccc(C)n3)nc12. The second-order valence-electron chi connectivity index (χ2n) is 5.29. The third kappa shape index (κ3) is 2.29. The summed E-state index contributed by atoms with van der Waals surface area (Å²) in [6.45, 7) is 9.18. The second-order valence-corrected chi connectivity index (χ2v) is 5.29. The lowest BCUT2D eigenvalue weighted by atomic mass is 10.1. The van der Waals surface area contributed by atoms with Gasteiger partial charge in [0.2, 0.25) is 5.69 Å². The molecule has 0 amide bonds. The van der Waals surface area contributed by atoms with Crippen LogP contribution in [0.25, 0.3) is 33.1 Å². The van der Waals surface area contributed by atoms with E-state index in [-0.39, 0.29) is 0 Å². The standard InChI is InChI=1S/C18H12N6/c1-12-5-3-7-15(22-12)17-13(6-4-9-20-17)14-8-10-24-18(23-14)16(19-2)11-21-24/h3-11H,1H3. The first kappa shape index (κ1) is 14.0. The molecule has 0 saturated carbocycles. The monoisotopic (exact) mass is 312 g/mol. The van der Waals surface area contributed by atoms with Crippen LogP contribution in [-0.4, -0.2) is 24.6 Å². The minimum atomic E-state index is 0.427. The van der Waals surface area contributed by atoms with Gasteiger partial charge in [0.05, 0.1) is 29.9 Å². The van der Waals surface area contributed by atoms with E-state index >= 15 is 0 Å². The molecule has 0 unspecified atom stereocenters. The molecule has 0 radical (unpaired) electrons. The van der Waals surface area contributed by atoms with Crippen molar-refractivity contribution in [1.82, 2.24) is 24.6 Å². The van der Waals surface area contributed by atoms with Crippen LogP contribution < -0.4 is 0 Å². The number of pyridine rings is 2. The molecule has 0 saturated heterocycles. The van der Waals surface area contributed by atoms with E-state index in [0.29, 0.717) is 11.3 Å². The van der Waals surface area contributed by atoms with Crippen LogP contribution in [0, 0.1) is 13.5 Å². The van der Waals surface area contributed by atoms with Crippen molar-refractivity contribution in [3.05, 3.63) is 72.1 Å². The first-order valence-corrected chi connectivity index (χ1v) is 7.37. The summed E-state index contributed by atoms with van der Waals surface area (Å²) in [6, 6.07) is 11.5. The molecule has 4 heterocycles. The van der Waals surface area contributed by atoms with Crippen LogP contribution in [0.15, 0.2) is 55.0 Å². The first-order valence-electron chi connectivity index (χ1n) is 7.37. The summed E-state index contributed by atoms with van der Waals surface area (Å²) < 4.78 is 1.60. The Morgan fingerprint density at radius 3 is 2.79 bits per heavy atom. The van der Waals surface area contributed by atoms with Gasteiger partial charge in [0.25, 0.3) is 0 Å². The second kappa shape index (κ2) is 5.56. The van der Waals surface area contributed by atoms with Crippen molar-refractivity contribution in [1.29, 1.82) is 0 Å². The van der Waals surface area contributed by atoms with E-state index in [0.717, 1.165) is 28.3 Å². The number of nitrogens with zero attached hydrogens (tertiary/aromatic N) is 6. The van der Waals surface area contributed by atoms with E-state index in [1.54, 1.807) is 16.9 Å². The molecule has 4 aromatic heterocycles. The Morgan fingerprint density at radius 2 is 1.96 bits per heavy atom. The van der Waals surface area contributed by atoms with Gasteiger partial charge in [-0.05, 0) is 37.3 Å². The van der Waals surface area contributed by atoms with E-state index in [9.17, 15) is 0 Å².